The maximum absolute atomic E-state index is 10.5. The first-order chi connectivity index (χ1) is 5.88. The maximum Gasteiger partial charge on any atom is 1.00 e. The average Bonchev–Trinajstić information content (AvgIpc) is 2.02. The van der Waals surface area contributed by atoms with Crippen LogP contribution >= 0.6 is 0 Å². The summed E-state index contributed by atoms with van der Waals surface area (Å²) in [6.45, 7) is 3.26. The molecule has 0 saturated heterocycles. The minimum atomic E-state index is -4.14. The molecule has 2 unspecified atom stereocenters. The van der Waals surface area contributed by atoms with Crippen LogP contribution < -0.4 is 29.6 Å². The van der Waals surface area contributed by atoms with Crippen LogP contribution in [0.15, 0.2) is 0 Å². The van der Waals surface area contributed by atoms with Crippen LogP contribution in [0.25, 0.3) is 0 Å². The van der Waals surface area contributed by atoms with Gasteiger partial charge in [-0.15, -0.1) is 0 Å². The van der Waals surface area contributed by atoms with Crippen LogP contribution in [0, 0.1) is 0 Å². The predicted molar refractivity (Wildman–Crippen MR) is 49.3 cm³/mol. The van der Waals surface area contributed by atoms with Crippen LogP contribution in [0.1, 0.15) is 39.5 Å². The Bertz CT molecular complexity index is 227. The molecule has 0 saturated carbocycles. The van der Waals surface area contributed by atoms with E-state index >= 15 is 0 Å². The molecule has 0 aromatic heterocycles. The number of rotatable bonds is 6. The molecule has 0 aromatic rings. The van der Waals surface area contributed by atoms with Crippen LogP contribution in [0.5, 0.6) is 0 Å². The third kappa shape index (κ3) is 8.20. The van der Waals surface area contributed by atoms with Crippen molar-refractivity contribution in [3.05, 3.63) is 0 Å². The Morgan fingerprint density at radius 1 is 1.36 bits per heavy atom. The second kappa shape index (κ2) is 8.07. The van der Waals surface area contributed by atoms with E-state index in [1.54, 1.807) is 0 Å². The number of aliphatic hydroxyl groups excluding tert-OH is 1. The van der Waals surface area contributed by atoms with Gasteiger partial charge in [0.2, 0.25) is 0 Å². The fraction of sp³-hybridized carbons (Fsp3) is 1.00. The topological polar surface area (TPSA) is 77.4 Å². The fourth-order valence-corrected chi connectivity index (χ4v) is 1.44. The van der Waals surface area contributed by atoms with Crippen molar-refractivity contribution >= 4 is 10.1 Å². The SMILES string of the molecule is CCC(O)CCCC(C)S(=O)(=O)[O-].[Na+]. The Morgan fingerprint density at radius 2 is 1.86 bits per heavy atom. The largest absolute Gasteiger partial charge is 1.00 e. The van der Waals surface area contributed by atoms with E-state index in [4.69, 9.17) is 5.11 Å². The number of aliphatic hydroxyl groups is 1. The van der Waals surface area contributed by atoms with E-state index in [0.717, 1.165) is 0 Å². The molecule has 0 amide bonds. The summed E-state index contributed by atoms with van der Waals surface area (Å²) in [6, 6.07) is 0. The molecule has 0 aromatic carbocycles. The van der Waals surface area contributed by atoms with Crippen LogP contribution in [0.2, 0.25) is 0 Å². The first kappa shape index (κ1) is 17.3. The van der Waals surface area contributed by atoms with Gasteiger partial charge in [0.1, 0.15) is 0 Å². The van der Waals surface area contributed by atoms with Gasteiger partial charge in [-0.1, -0.05) is 6.92 Å². The molecule has 4 nitrogen and oxygen atoms in total. The smallest absolute Gasteiger partial charge is 0.748 e. The molecular weight excluding hydrogens is 215 g/mol. The van der Waals surface area contributed by atoms with Gasteiger partial charge in [0.05, 0.1) is 16.2 Å². The zero-order valence-corrected chi connectivity index (χ0v) is 11.9. The maximum atomic E-state index is 10.5. The van der Waals surface area contributed by atoms with Crippen LogP contribution in [-0.4, -0.2) is 29.4 Å². The van der Waals surface area contributed by atoms with Crippen molar-refractivity contribution in [1.82, 2.24) is 0 Å². The van der Waals surface area contributed by atoms with Gasteiger partial charge in [0.15, 0.2) is 0 Å². The van der Waals surface area contributed by atoms with Gasteiger partial charge in [0, 0.05) is 5.25 Å². The average molecular weight is 232 g/mol. The summed E-state index contributed by atoms with van der Waals surface area (Å²) in [4.78, 5) is 0. The Morgan fingerprint density at radius 3 is 2.21 bits per heavy atom. The van der Waals surface area contributed by atoms with Crippen molar-refractivity contribution in [1.29, 1.82) is 0 Å². The van der Waals surface area contributed by atoms with Crippen molar-refractivity contribution in [2.24, 2.45) is 0 Å². The second-order valence-electron chi connectivity index (χ2n) is 3.30. The summed E-state index contributed by atoms with van der Waals surface area (Å²) in [5.74, 6) is 0. The molecule has 1 N–H and O–H groups in total. The molecular formula is C8H17NaO4S. The van der Waals surface area contributed by atoms with E-state index in [2.05, 4.69) is 0 Å². The normalized spacial score (nSPS) is 15.7. The summed E-state index contributed by atoms with van der Waals surface area (Å²) in [6.07, 6.45) is 1.77. The predicted octanol–water partition coefficient (Wildman–Crippen LogP) is -2.13. The zero-order chi connectivity index (χ0) is 10.5. The fourth-order valence-electron chi connectivity index (χ4n) is 0.989. The molecule has 0 aliphatic carbocycles. The molecule has 0 spiro atoms. The van der Waals surface area contributed by atoms with E-state index in [0.29, 0.717) is 25.7 Å². The molecule has 0 aliphatic heterocycles. The minimum Gasteiger partial charge on any atom is -0.748 e. The minimum absolute atomic E-state index is 0. The molecule has 0 bridgehead atoms. The second-order valence-corrected chi connectivity index (χ2v) is 5.09. The summed E-state index contributed by atoms with van der Waals surface area (Å²) >= 11 is 0. The van der Waals surface area contributed by atoms with Crippen LogP contribution in [-0.2, 0) is 10.1 Å². The number of hydrogen-bond donors (Lipinski definition) is 1. The monoisotopic (exact) mass is 232 g/mol. The third-order valence-corrected chi connectivity index (χ3v) is 3.33. The van der Waals surface area contributed by atoms with E-state index < -0.39 is 15.4 Å². The molecule has 6 heteroatoms. The Balaban J connectivity index is 0. The van der Waals surface area contributed by atoms with Gasteiger partial charge in [-0.2, -0.15) is 0 Å². The molecule has 2 atom stereocenters. The van der Waals surface area contributed by atoms with Crippen molar-refractivity contribution in [2.75, 3.05) is 0 Å². The van der Waals surface area contributed by atoms with Crippen molar-refractivity contribution in [2.45, 2.75) is 50.9 Å². The number of hydrogen-bond acceptors (Lipinski definition) is 4. The molecule has 80 valence electrons. The van der Waals surface area contributed by atoms with Crippen molar-refractivity contribution in [3.8, 4) is 0 Å². The quantitative estimate of drug-likeness (QED) is 0.419. The van der Waals surface area contributed by atoms with E-state index in [-0.39, 0.29) is 35.7 Å². The molecule has 0 radical (unpaired) electrons. The van der Waals surface area contributed by atoms with Gasteiger partial charge in [-0.05, 0) is 32.6 Å². The van der Waals surface area contributed by atoms with Gasteiger partial charge in [-0.25, -0.2) is 8.42 Å². The zero-order valence-electron chi connectivity index (χ0n) is 9.06. The Hall–Kier alpha value is 0.870. The summed E-state index contributed by atoms with van der Waals surface area (Å²) in [5, 5.41) is 8.31. The summed E-state index contributed by atoms with van der Waals surface area (Å²) < 4.78 is 31.4. The van der Waals surface area contributed by atoms with Gasteiger partial charge in [0.25, 0.3) is 0 Å². The summed E-state index contributed by atoms with van der Waals surface area (Å²) in [7, 11) is -4.14. The van der Waals surface area contributed by atoms with E-state index in [1.807, 2.05) is 6.92 Å². The molecule has 0 fully saturated rings. The molecule has 0 heterocycles. The van der Waals surface area contributed by atoms with Crippen molar-refractivity contribution in [3.63, 3.8) is 0 Å². The van der Waals surface area contributed by atoms with Crippen molar-refractivity contribution < 1.29 is 47.6 Å². The molecule has 0 rings (SSSR count). The van der Waals surface area contributed by atoms with Gasteiger partial charge < -0.3 is 9.66 Å². The summed E-state index contributed by atoms with van der Waals surface area (Å²) in [5.41, 5.74) is 0. The third-order valence-electron chi connectivity index (χ3n) is 2.11. The molecule has 14 heavy (non-hydrogen) atoms. The van der Waals surface area contributed by atoms with E-state index in [9.17, 15) is 13.0 Å². The molecule has 0 aliphatic rings. The Kier molecular flexibility index (Phi) is 9.96. The first-order valence-corrected chi connectivity index (χ1v) is 5.97. The Labute approximate surface area is 108 Å². The van der Waals surface area contributed by atoms with E-state index in [1.165, 1.54) is 6.92 Å². The first-order valence-electron chi connectivity index (χ1n) is 4.50. The van der Waals surface area contributed by atoms with Crippen LogP contribution in [0.4, 0.5) is 0 Å². The van der Waals surface area contributed by atoms with Gasteiger partial charge >= 0.3 is 29.6 Å². The van der Waals surface area contributed by atoms with Crippen LogP contribution in [0.3, 0.4) is 0 Å². The standard InChI is InChI=1S/C8H18O4S.Na/c1-3-8(9)6-4-5-7(2)13(10,11)12;/h7-9H,3-6H2,1-2H3,(H,10,11,12);/q;+1/p-1. The van der Waals surface area contributed by atoms with Gasteiger partial charge in [-0.3, -0.25) is 0 Å².